The van der Waals surface area contributed by atoms with Gasteiger partial charge in [0.25, 0.3) is 5.91 Å². The van der Waals surface area contributed by atoms with Gasteiger partial charge < -0.3 is 108 Å². The second-order valence-electron chi connectivity index (χ2n) is 15.9. The van der Waals surface area contributed by atoms with Crippen LogP contribution in [-0.2, 0) is 33.2 Å². The van der Waals surface area contributed by atoms with E-state index in [4.69, 9.17) is 51.4 Å². The number of nitrogens with one attached hydrogen (secondary N) is 4. The predicted octanol–water partition coefficient (Wildman–Crippen LogP) is -8.60. The summed E-state index contributed by atoms with van der Waals surface area (Å²) in [5.74, 6) is -0.722. The topological polar surface area (TPSA) is 366 Å². The molecule has 19 N–H and O–H groups in total. The van der Waals surface area contributed by atoms with Gasteiger partial charge in [-0.2, -0.15) is 0 Å². The third-order valence-corrected chi connectivity index (χ3v) is 11.8. The molecular formula is C33H62N8O14. The molecule has 22 nitrogen and oxygen atoms in total. The molecule has 0 spiro atoms. The maximum atomic E-state index is 13.0. The van der Waals surface area contributed by atoms with Crippen molar-refractivity contribution >= 4 is 5.91 Å². The largest absolute Gasteiger partial charge is 0.394 e. The van der Waals surface area contributed by atoms with Gasteiger partial charge in [0.15, 0.2) is 24.5 Å². The first-order chi connectivity index (χ1) is 26.2. The number of aliphatic hydroxyl groups excluding tert-OH is 5. The third-order valence-electron chi connectivity index (χ3n) is 11.8. The van der Waals surface area contributed by atoms with Crippen LogP contribution in [0, 0.1) is 0 Å². The molecule has 5 aliphatic heterocycles. The van der Waals surface area contributed by atoms with Crippen LogP contribution in [0.2, 0.25) is 0 Å². The van der Waals surface area contributed by atoms with Crippen LogP contribution in [-0.4, -0.2) is 209 Å². The minimum atomic E-state index is -1.68. The fourth-order valence-electron chi connectivity index (χ4n) is 8.10. The lowest BCUT2D eigenvalue weighted by Gasteiger charge is -2.47. The van der Waals surface area contributed by atoms with Gasteiger partial charge in [0, 0.05) is 38.8 Å². The Bertz CT molecular complexity index is 1250. The lowest BCUT2D eigenvalue weighted by molar-refractivity contribution is -0.290. The zero-order chi connectivity index (χ0) is 39.7. The molecule has 1 saturated carbocycles. The Morgan fingerprint density at radius 1 is 0.782 bits per heavy atom. The Morgan fingerprint density at radius 2 is 1.45 bits per heavy atom. The smallest absolute Gasteiger partial charge is 0.254 e. The summed E-state index contributed by atoms with van der Waals surface area (Å²) in [6, 6.07) is -3.81. The van der Waals surface area contributed by atoms with Crippen molar-refractivity contribution in [2.24, 2.45) is 22.9 Å². The van der Waals surface area contributed by atoms with Gasteiger partial charge in [0.05, 0.1) is 36.4 Å². The van der Waals surface area contributed by atoms with Crippen LogP contribution in [0.25, 0.3) is 0 Å². The number of amides is 1. The van der Waals surface area contributed by atoms with Crippen molar-refractivity contribution in [1.29, 1.82) is 0 Å². The van der Waals surface area contributed by atoms with Crippen LogP contribution in [0.5, 0.6) is 0 Å². The summed E-state index contributed by atoms with van der Waals surface area (Å²) in [5, 5.41) is 87.7. The summed E-state index contributed by atoms with van der Waals surface area (Å²) >= 11 is 0. The number of nitrogens with two attached hydrogens (primary N) is 4. The standard InChI is InChI=1S/C33H62N8O14/c34-8-18-22(44)23(45)20(37)29(51-18)54-26-19(10-42)52-30(24(26)46)55-27-21(43)17(41-31(47)33(49)12-40-13-33)7-16(36)25(27)53-28-15(35)2-1-14(50-28)9-39-11-32(48)3-5-38-6-4-32/h14-30,38-40,42-46,48-49H,1-13,34-37H2,(H,41,47)/t14-,15+,16-,17+,18-,19+,20+,21-,22+,23+,24+,25+,26+,27+,28+,29+,30-/m0/s1. The highest BCUT2D eigenvalue weighted by Gasteiger charge is 2.55. The summed E-state index contributed by atoms with van der Waals surface area (Å²) in [6.45, 7) is 1.45. The summed E-state index contributed by atoms with van der Waals surface area (Å²) in [6.07, 6.45) is -14.1. The van der Waals surface area contributed by atoms with Crippen molar-refractivity contribution in [2.45, 2.75) is 147 Å². The van der Waals surface area contributed by atoms with E-state index in [9.17, 15) is 40.5 Å². The average Bonchev–Trinajstić information content (AvgIpc) is 3.45. The van der Waals surface area contributed by atoms with E-state index < -0.39 is 122 Å². The molecule has 55 heavy (non-hydrogen) atoms. The van der Waals surface area contributed by atoms with Gasteiger partial charge in [0.2, 0.25) is 0 Å². The summed E-state index contributed by atoms with van der Waals surface area (Å²) in [7, 11) is 0. The maximum absolute atomic E-state index is 13.0. The van der Waals surface area contributed by atoms with E-state index in [0.29, 0.717) is 38.8 Å². The Balaban J connectivity index is 1.16. The van der Waals surface area contributed by atoms with Crippen molar-refractivity contribution in [2.75, 3.05) is 52.4 Å². The van der Waals surface area contributed by atoms with Crippen LogP contribution < -0.4 is 44.2 Å². The molecule has 6 aliphatic rings. The average molecular weight is 795 g/mol. The van der Waals surface area contributed by atoms with E-state index in [2.05, 4.69) is 21.3 Å². The first-order valence-electron chi connectivity index (χ1n) is 19.3. The number of piperidine rings is 1. The number of ether oxygens (including phenoxy) is 6. The van der Waals surface area contributed by atoms with Gasteiger partial charge in [-0.3, -0.25) is 4.79 Å². The first-order valence-corrected chi connectivity index (χ1v) is 19.3. The molecule has 318 valence electrons. The minimum Gasteiger partial charge on any atom is -0.394 e. The zero-order valence-corrected chi connectivity index (χ0v) is 30.8. The SMILES string of the molecule is NC[C@@H]1O[C@H](O[C@H]2[C@@H](O)[C@H](O[C@@H]3[C@@H](O)[C@H](NC(=O)C4(O)CNC4)C[C@H](N)[C@H]3O[C@H]3O[C@H](CNCC4(O)CCNCC4)CC[C@H]3N)O[C@@H]2CO)[C@H](N)[C@@H](O)[C@@H]1O. The highest BCUT2D eigenvalue weighted by atomic mass is 16.8. The lowest BCUT2D eigenvalue weighted by Crippen LogP contribution is -2.71. The van der Waals surface area contributed by atoms with Crippen molar-refractivity contribution in [3.63, 3.8) is 0 Å². The molecule has 1 amide bonds. The summed E-state index contributed by atoms with van der Waals surface area (Å²) in [5.41, 5.74) is 22.4. The summed E-state index contributed by atoms with van der Waals surface area (Å²) < 4.78 is 36.4. The van der Waals surface area contributed by atoms with Gasteiger partial charge in [-0.05, 0) is 45.2 Å². The Morgan fingerprint density at radius 3 is 2.11 bits per heavy atom. The highest BCUT2D eigenvalue weighted by molar-refractivity contribution is 5.87. The summed E-state index contributed by atoms with van der Waals surface area (Å²) in [4.78, 5) is 13.0. The van der Waals surface area contributed by atoms with E-state index in [1.54, 1.807) is 0 Å². The molecule has 0 unspecified atom stereocenters. The monoisotopic (exact) mass is 794 g/mol. The van der Waals surface area contributed by atoms with Crippen molar-refractivity contribution < 1.29 is 69.0 Å². The van der Waals surface area contributed by atoms with E-state index in [-0.39, 0.29) is 32.2 Å². The Labute approximate surface area is 318 Å². The molecule has 6 rings (SSSR count). The van der Waals surface area contributed by atoms with Gasteiger partial charge in [-0.1, -0.05) is 0 Å². The molecular weight excluding hydrogens is 732 g/mol. The molecule has 5 heterocycles. The van der Waals surface area contributed by atoms with E-state index in [0.717, 1.165) is 13.1 Å². The lowest BCUT2D eigenvalue weighted by atomic mass is 9.83. The molecule has 5 saturated heterocycles. The number of hydrogen-bond donors (Lipinski definition) is 15. The molecule has 1 aliphatic carbocycles. The molecule has 6 fully saturated rings. The molecule has 0 aromatic carbocycles. The fraction of sp³-hybridized carbons (Fsp3) is 0.970. The zero-order valence-electron chi connectivity index (χ0n) is 30.8. The van der Waals surface area contributed by atoms with Crippen LogP contribution in [0.4, 0.5) is 0 Å². The van der Waals surface area contributed by atoms with Crippen molar-refractivity contribution in [1.82, 2.24) is 21.3 Å². The Hall–Kier alpha value is -1.33. The quantitative estimate of drug-likeness (QED) is 0.0776. The van der Waals surface area contributed by atoms with Crippen LogP contribution in [0.3, 0.4) is 0 Å². The van der Waals surface area contributed by atoms with E-state index in [1.165, 1.54) is 0 Å². The number of carbonyl (C=O) groups excluding carboxylic acids is 1. The second-order valence-corrected chi connectivity index (χ2v) is 15.9. The molecule has 0 radical (unpaired) electrons. The second kappa shape index (κ2) is 18.3. The maximum Gasteiger partial charge on any atom is 0.254 e. The normalized spacial score (nSPS) is 45.8. The van der Waals surface area contributed by atoms with Gasteiger partial charge >= 0.3 is 0 Å². The minimum absolute atomic E-state index is 0.00615. The predicted molar refractivity (Wildman–Crippen MR) is 188 cm³/mol. The highest BCUT2D eigenvalue weighted by Crippen LogP contribution is 2.35. The van der Waals surface area contributed by atoms with Crippen LogP contribution in [0.15, 0.2) is 0 Å². The molecule has 0 bridgehead atoms. The van der Waals surface area contributed by atoms with Crippen molar-refractivity contribution in [3.8, 4) is 0 Å². The molecule has 22 heteroatoms. The molecule has 0 aromatic rings. The van der Waals surface area contributed by atoms with Gasteiger partial charge in [-0.25, -0.2) is 0 Å². The molecule has 17 atom stereocenters. The number of β-amino-alcohol motifs (C(OH)–C–C–N with tert-alkyl or cyclic N) is 1. The number of aliphatic hydroxyl groups is 7. The number of rotatable bonds is 14. The fourth-order valence-corrected chi connectivity index (χ4v) is 8.10. The van der Waals surface area contributed by atoms with Gasteiger partial charge in [-0.15, -0.1) is 0 Å². The third kappa shape index (κ3) is 9.60. The number of carbonyl (C=O) groups is 1. The Kier molecular flexibility index (Phi) is 14.4. The number of hydrogen-bond acceptors (Lipinski definition) is 21. The van der Waals surface area contributed by atoms with E-state index >= 15 is 0 Å². The van der Waals surface area contributed by atoms with E-state index in [1.807, 2.05) is 0 Å². The van der Waals surface area contributed by atoms with Crippen LogP contribution in [0.1, 0.15) is 32.1 Å². The van der Waals surface area contributed by atoms with Crippen molar-refractivity contribution in [3.05, 3.63) is 0 Å². The van der Waals surface area contributed by atoms with Gasteiger partial charge in [0.1, 0.15) is 54.9 Å². The molecule has 0 aromatic heterocycles. The first kappa shape index (κ1) is 43.3. The van der Waals surface area contributed by atoms with Crippen LogP contribution >= 0.6 is 0 Å².